The van der Waals surface area contributed by atoms with Gasteiger partial charge in [0.25, 0.3) is 0 Å². The van der Waals surface area contributed by atoms with Crippen LogP contribution in [0.2, 0.25) is 0 Å². The minimum atomic E-state index is -0.604. The Hall–Kier alpha value is -3.06. The Labute approximate surface area is 147 Å². The Balaban J connectivity index is 1.97. The van der Waals surface area contributed by atoms with Gasteiger partial charge in [0.1, 0.15) is 23.0 Å². The molecule has 7 nitrogen and oxygen atoms in total. The smallest absolute Gasteiger partial charge is 0.156 e. The summed E-state index contributed by atoms with van der Waals surface area (Å²) in [5.74, 6) is -0.912. The van der Waals surface area contributed by atoms with E-state index in [1.165, 1.54) is 12.1 Å². The van der Waals surface area contributed by atoms with Crippen molar-refractivity contribution in [3.05, 3.63) is 35.0 Å². The van der Waals surface area contributed by atoms with E-state index in [9.17, 15) is 20.4 Å². The highest BCUT2D eigenvalue weighted by Crippen LogP contribution is 2.47. The molecule has 7 heteroatoms. The fourth-order valence-corrected chi connectivity index (χ4v) is 3.92. The lowest BCUT2D eigenvalue weighted by Crippen LogP contribution is -2.31. The molecule has 4 N–H and O–H groups in total. The summed E-state index contributed by atoms with van der Waals surface area (Å²) in [4.78, 5) is 9.50. The molecule has 0 bridgehead atoms. The number of aromatic hydroxyl groups is 4. The number of hydrogen-bond donors (Lipinski definition) is 4. The van der Waals surface area contributed by atoms with Gasteiger partial charge in [0.05, 0.1) is 40.1 Å². The number of ether oxygens (including phenoxy) is 1. The molecule has 3 aromatic rings. The maximum Gasteiger partial charge on any atom is 0.156 e. The minimum absolute atomic E-state index is 0.00525. The first-order valence-electron chi connectivity index (χ1n) is 8.39. The van der Waals surface area contributed by atoms with E-state index >= 15 is 0 Å². The van der Waals surface area contributed by atoms with Gasteiger partial charge < -0.3 is 25.2 Å². The van der Waals surface area contributed by atoms with Crippen LogP contribution in [0.25, 0.3) is 21.5 Å². The van der Waals surface area contributed by atoms with Gasteiger partial charge in [-0.1, -0.05) is 0 Å². The summed E-state index contributed by atoms with van der Waals surface area (Å²) < 4.78 is 5.40. The molecule has 0 atom stereocenters. The molecule has 5 rings (SSSR count). The van der Waals surface area contributed by atoms with Gasteiger partial charge in [0.15, 0.2) is 5.66 Å². The minimum Gasteiger partial charge on any atom is -0.507 e. The van der Waals surface area contributed by atoms with Crippen LogP contribution in [0.4, 0.5) is 0 Å². The molecular weight excluding hydrogens is 336 g/mol. The first-order chi connectivity index (χ1) is 12.5. The van der Waals surface area contributed by atoms with Crippen molar-refractivity contribution >= 4 is 21.5 Å². The lowest BCUT2D eigenvalue weighted by Gasteiger charge is -2.27. The van der Waals surface area contributed by atoms with E-state index in [2.05, 4.69) is 0 Å². The van der Waals surface area contributed by atoms with Crippen molar-refractivity contribution in [1.29, 1.82) is 0 Å². The molecule has 0 unspecified atom stereocenters. The van der Waals surface area contributed by atoms with Crippen molar-refractivity contribution < 1.29 is 25.2 Å². The van der Waals surface area contributed by atoms with Crippen molar-refractivity contribution in [2.45, 2.75) is 18.5 Å². The summed E-state index contributed by atoms with van der Waals surface area (Å²) >= 11 is 0. The van der Waals surface area contributed by atoms with Crippen LogP contribution in [-0.4, -0.2) is 39.3 Å². The van der Waals surface area contributed by atoms with Crippen LogP contribution in [0.3, 0.4) is 0 Å². The average molecular weight is 352 g/mol. The summed E-state index contributed by atoms with van der Waals surface area (Å²) in [5, 5.41) is 43.7. The summed E-state index contributed by atoms with van der Waals surface area (Å²) in [6, 6.07) is 5.93. The number of rotatable bonds is 0. The fourth-order valence-electron chi connectivity index (χ4n) is 3.92. The number of nitrogens with zero attached hydrogens (tertiary/aromatic N) is 2. The van der Waals surface area contributed by atoms with E-state index in [1.54, 1.807) is 12.1 Å². The molecule has 3 aromatic carbocycles. The van der Waals surface area contributed by atoms with Crippen molar-refractivity contribution in [1.82, 2.24) is 0 Å². The molecule has 26 heavy (non-hydrogen) atoms. The van der Waals surface area contributed by atoms with E-state index in [0.717, 1.165) is 0 Å². The monoisotopic (exact) mass is 352 g/mol. The molecule has 132 valence electrons. The maximum atomic E-state index is 10.9. The van der Waals surface area contributed by atoms with E-state index < -0.39 is 5.66 Å². The molecule has 1 saturated heterocycles. The van der Waals surface area contributed by atoms with Crippen LogP contribution in [0, 0.1) is 0 Å². The standard InChI is InChI=1S/C19H16N2O5/c22-11-3-4-12(23)15-14(11)17(24)9-1-2-10-16(13(9)18(15)25)21-19(20-10)5-7-26-8-6-19/h1-4,22-25H,5-8H2. The molecule has 0 saturated carbocycles. The highest BCUT2D eigenvalue weighted by molar-refractivity contribution is 6.14. The van der Waals surface area contributed by atoms with Gasteiger partial charge >= 0.3 is 0 Å². The zero-order chi connectivity index (χ0) is 18.1. The zero-order valence-electron chi connectivity index (χ0n) is 13.7. The average Bonchev–Trinajstić information content (AvgIpc) is 2.98. The Kier molecular flexibility index (Phi) is 2.92. The highest BCUT2D eigenvalue weighted by Gasteiger charge is 2.34. The van der Waals surface area contributed by atoms with Crippen LogP contribution in [0.1, 0.15) is 12.8 Å². The first kappa shape index (κ1) is 15.2. The number of benzene rings is 3. The Bertz CT molecular complexity index is 1210. The van der Waals surface area contributed by atoms with Gasteiger partial charge in [0, 0.05) is 18.2 Å². The van der Waals surface area contributed by atoms with Crippen molar-refractivity contribution in [3.63, 3.8) is 0 Å². The summed E-state index contributed by atoms with van der Waals surface area (Å²) in [5.41, 5.74) is -0.604. The molecule has 2 aliphatic heterocycles. The van der Waals surface area contributed by atoms with Crippen LogP contribution in [0.15, 0.2) is 34.3 Å². The number of phenols is 4. The molecule has 0 amide bonds. The fraction of sp³-hybridized carbons (Fsp3) is 0.263. The third-order valence-electron chi connectivity index (χ3n) is 5.23. The van der Waals surface area contributed by atoms with E-state index in [4.69, 9.17) is 14.7 Å². The van der Waals surface area contributed by atoms with Crippen molar-refractivity contribution in [2.24, 2.45) is 9.98 Å². The second-order valence-electron chi connectivity index (χ2n) is 6.73. The molecular formula is C19H16N2O5. The Morgan fingerprint density at radius 2 is 1.42 bits per heavy atom. The molecule has 0 radical (unpaired) electrons. The van der Waals surface area contributed by atoms with E-state index in [0.29, 0.717) is 47.5 Å². The Morgan fingerprint density at radius 3 is 2.12 bits per heavy atom. The quantitative estimate of drug-likeness (QED) is 0.362. The van der Waals surface area contributed by atoms with Gasteiger partial charge in [0.2, 0.25) is 0 Å². The SMILES string of the molecule is Oc1ccc(O)c2c(O)c3c4c(ccc3c(O)c12)=NC1(CCOCC1)N=4. The molecule has 1 fully saturated rings. The van der Waals surface area contributed by atoms with Gasteiger partial charge in [-0.15, -0.1) is 0 Å². The number of hydrogen-bond acceptors (Lipinski definition) is 7. The molecule has 0 aliphatic carbocycles. The summed E-state index contributed by atoms with van der Waals surface area (Å²) in [6.45, 7) is 1.13. The van der Waals surface area contributed by atoms with Gasteiger partial charge in [-0.25, -0.2) is 0 Å². The lowest BCUT2D eigenvalue weighted by atomic mass is 9.98. The second kappa shape index (κ2) is 4.98. The normalized spacial score (nSPS) is 18.0. The van der Waals surface area contributed by atoms with Crippen LogP contribution >= 0.6 is 0 Å². The van der Waals surface area contributed by atoms with Gasteiger partial charge in [-0.2, -0.15) is 0 Å². The Morgan fingerprint density at radius 1 is 0.769 bits per heavy atom. The van der Waals surface area contributed by atoms with Crippen LogP contribution in [0.5, 0.6) is 23.0 Å². The van der Waals surface area contributed by atoms with Crippen LogP contribution < -0.4 is 10.7 Å². The molecule has 1 spiro atoms. The van der Waals surface area contributed by atoms with E-state index in [1.807, 2.05) is 0 Å². The summed E-state index contributed by atoms with van der Waals surface area (Å²) in [6.07, 6.45) is 1.30. The zero-order valence-corrected chi connectivity index (χ0v) is 13.7. The van der Waals surface area contributed by atoms with Crippen molar-refractivity contribution in [3.8, 4) is 23.0 Å². The highest BCUT2D eigenvalue weighted by atomic mass is 16.5. The molecule has 2 heterocycles. The van der Waals surface area contributed by atoms with Gasteiger partial charge in [-0.3, -0.25) is 9.98 Å². The van der Waals surface area contributed by atoms with Gasteiger partial charge in [-0.05, 0) is 24.3 Å². The molecule has 0 aromatic heterocycles. The number of phenolic OH excluding ortho intramolecular Hbond substituents is 4. The third kappa shape index (κ3) is 1.86. The summed E-state index contributed by atoms with van der Waals surface area (Å²) in [7, 11) is 0. The van der Waals surface area contributed by atoms with Crippen LogP contribution in [-0.2, 0) is 4.74 Å². The number of fused-ring (bicyclic) bond motifs is 4. The van der Waals surface area contributed by atoms with Crippen molar-refractivity contribution in [2.75, 3.05) is 13.2 Å². The maximum absolute atomic E-state index is 10.9. The second-order valence-corrected chi connectivity index (χ2v) is 6.73. The van der Waals surface area contributed by atoms with E-state index in [-0.39, 0.29) is 33.8 Å². The lowest BCUT2D eigenvalue weighted by molar-refractivity contribution is 0.0566. The molecule has 2 aliphatic rings. The first-order valence-corrected chi connectivity index (χ1v) is 8.39. The third-order valence-corrected chi connectivity index (χ3v) is 5.23. The largest absolute Gasteiger partial charge is 0.507 e. The predicted octanol–water partition coefficient (Wildman–Crippen LogP) is 1.57. The predicted molar refractivity (Wildman–Crippen MR) is 93.2 cm³/mol. The topological polar surface area (TPSA) is 115 Å².